The molecule has 1 aromatic carbocycles. The molecule has 0 radical (unpaired) electrons. The zero-order valence-electron chi connectivity index (χ0n) is 12.6. The van der Waals surface area contributed by atoms with Crippen molar-refractivity contribution in [2.24, 2.45) is 0 Å². The van der Waals surface area contributed by atoms with Gasteiger partial charge in [-0.25, -0.2) is 4.98 Å². The van der Waals surface area contributed by atoms with Crippen molar-refractivity contribution in [3.63, 3.8) is 0 Å². The molecule has 2 aromatic heterocycles. The van der Waals surface area contributed by atoms with Crippen LogP contribution >= 0.6 is 0 Å². The van der Waals surface area contributed by atoms with E-state index in [0.29, 0.717) is 10.9 Å². The fourth-order valence-electron chi connectivity index (χ4n) is 2.83. The summed E-state index contributed by atoms with van der Waals surface area (Å²) in [6.07, 6.45) is 3.53. The molecule has 4 rings (SSSR count). The van der Waals surface area contributed by atoms with Crippen LogP contribution in [0.5, 0.6) is 5.75 Å². The lowest BCUT2D eigenvalue weighted by molar-refractivity contribution is 0.415. The Hall–Kier alpha value is -2.47. The SMILES string of the molecule is COc1ccc(-c2nc3n(c2-c2ccncc2)CCS3=O)cc1. The van der Waals surface area contributed by atoms with Gasteiger partial charge in [0.2, 0.25) is 0 Å². The first-order valence-corrected chi connectivity index (χ1v) is 8.63. The van der Waals surface area contributed by atoms with Gasteiger partial charge in [0.25, 0.3) is 0 Å². The molecule has 5 nitrogen and oxygen atoms in total. The number of methoxy groups -OCH3 is 1. The second-order valence-corrected chi connectivity index (χ2v) is 6.72. The summed E-state index contributed by atoms with van der Waals surface area (Å²) in [5, 5.41) is 0.655. The number of benzene rings is 1. The van der Waals surface area contributed by atoms with Gasteiger partial charge >= 0.3 is 0 Å². The predicted molar refractivity (Wildman–Crippen MR) is 88.7 cm³/mol. The highest BCUT2D eigenvalue weighted by molar-refractivity contribution is 7.85. The van der Waals surface area contributed by atoms with Crippen LogP contribution in [0.4, 0.5) is 0 Å². The molecule has 1 aliphatic rings. The van der Waals surface area contributed by atoms with Gasteiger partial charge in [-0.1, -0.05) is 0 Å². The smallest absolute Gasteiger partial charge is 0.200 e. The summed E-state index contributed by atoms with van der Waals surface area (Å²) in [5.41, 5.74) is 3.86. The zero-order chi connectivity index (χ0) is 15.8. The van der Waals surface area contributed by atoms with Crippen molar-refractivity contribution in [1.82, 2.24) is 14.5 Å². The fourth-order valence-corrected chi connectivity index (χ4v) is 3.98. The number of hydrogen-bond donors (Lipinski definition) is 0. The molecule has 0 amide bonds. The number of hydrogen-bond acceptors (Lipinski definition) is 4. The molecule has 3 heterocycles. The van der Waals surface area contributed by atoms with Crippen LogP contribution in [0.15, 0.2) is 53.9 Å². The minimum atomic E-state index is -1.03. The molecule has 6 heteroatoms. The predicted octanol–water partition coefficient (Wildman–Crippen LogP) is 2.74. The van der Waals surface area contributed by atoms with Crippen LogP contribution in [0.2, 0.25) is 0 Å². The van der Waals surface area contributed by atoms with E-state index in [4.69, 9.17) is 4.74 Å². The van der Waals surface area contributed by atoms with Crippen molar-refractivity contribution in [2.75, 3.05) is 12.9 Å². The van der Waals surface area contributed by atoms with Crippen LogP contribution in [0.25, 0.3) is 22.5 Å². The van der Waals surface area contributed by atoms with Crippen LogP contribution in [0.1, 0.15) is 0 Å². The third-order valence-corrected chi connectivity index (χ3v) is 5.23. The second kappa shape index (κ2) is 5.62. The lowest BCUT2D eigenvalue weighted by Gasteiger charge is -2.08. The van der Waals surface area contributed by atoms with Gasteiger partial charge in [-0.15, -0.1) is 0 Å². The third kappa shape index (κ3) is 2.35. The number of imidazole rings is 1. The lowest BCUT2D eigenvalue weighted by Crippen LogP contribution is -1.97. The van der Waals surface area contributed by atoms with E-state index in [1.165, 1.54) is 0 Å². The average Bonchev–Trinajstić information content (AvgIpc) is 3.16. The van der Waals surface area contributed by atoms with Gasteiger partial charge in [-0.3, -0.25) is 9.19 Å². The lowest BCUT2D eigenvalue weighted by atomic mass is 10.1. The molecule has 0 N–H and O–H groups in total. The molecule has 1 atom stereocenters. The Kier molecular flexibility index (Phi) is 3.46. The first-order chi connectivity index (χ1) is 11.3. The molecule has 3 aromatic rings. The summed E-state index contributed by atoms with van der Waals surface area (Å²) >= 11 is 0. The Balaban J connectivity index is 1.92. The van der Waals surface area contributed by atoms with Crippen molar-refractivity contribution >= 4 is 10.8 Å². The molecule has 0 fully saturated rings. The van der Waals surface area contributed by atoms with Gasteiger partial charge in [0.15, 0.2) is 5.16 Å². The maximum atomic E-state index is 12.2. The maximum absolute atomic E-state index is 12.2. The Labute approximate surface area is 136 Å². The largest absolute Gasteiger partial charge is 0.497 e. The van der Waals surface area contributed by atoms with Crippen molar-refractivity contribution < 1.29 is 8.95 Å². The number of aromatic nitrogens is 3. The van der Waals surface area contributed by atoms with Gasteiger partial charge in [0.05, 0.1) is 29.3 Å². The molecule has 0 saturated carbocycles. The van der Waals surface area contributed by atoms with E-state index in [9.17, 15) is 4.21 Å². The highest BCUT2D eigenvalue weighted by Gasteiger charge is 2.27. The number of pyridine rings is 1. The minimum absolute atomic E-state index is 0.628. The molecule has 116 valence electrons. The van der Waals surface area contributed by atoms with E-state index < -0.39 is 10.8 Å². The van der Waals surface area contributed by atoms with Gasteiger partial charge in [0, 0.05) is 35.8 Å². The molecule has 0 aliphatic carbocycles. The fraction of sp³-hybridized carbons (Fsp3) is 0.176. The first kappa shape index (κ1) is 14.1. The van der Waals surface area contributed by atoms with Crippen LogP contribution in [-0.2, 0) is 17.3 Å². The highest BCUT2D eigenvalue weighted by Crippen LogP contribution is 2.36. The topological polar surface area (TPSA) is 57.0 Å². The number of ether oxygens (including phenoxy) is 1. The quantitative estimate of drug-likeness (QED) is 0.743. The highest BCUT2D eigenvalue weighted by atomic mass is 32.2. The molecule has 0 bridgehead atoms. The molecule has 23 heavy (non-hydrogen) atoms. The molecular weight excluding hydrogens is 310 g/mol. The van der Waals surface area contributed by atoms with Gasteiger partial charge in [-0.2, -0.15) is 0 Å². The van der Waals surface area contributed by atoms with Crippen molar-refractivity contribution in [3.05, 3.63) is 48.8 Å². The van der Waals surface area contributed by atoms with Crippen LogP contribution < -0.4 is 4.74 Å². The number of nitrogens with zero attached hydrogens (tertiary/aromatic N) is 3. The Bertz CT molecular complexity index is 873. The van der Waals surface area contributed by atoms with Crippen LogP contribution in [0.3, 0.4) is 0 Å². The van der Waals surface area contributed by atoms with Gasteiger partial charge < -0.3 is 9.30 Å². The molecule has 1 aliphatic heterocycles. The second-order valence-electron chi connectivity index (χ2n) is 5.26. The van der Waals surface area contributed by atoms with E-state index in [0.717, 1.165) is 34.8 Å². The number of fused-ring (bicyclic) bond motifs is 1. The van der Waals surface area contributed by atoms with Crippen molar-refractivity contribution in [2.45, 2.75) is 11.7 Å². The molecular formula is C17H15N3O2S. The van der Waals surface area contributed by atoms with Crippen LogP contribution in [0, 0.1) is 0 Å². The van der Waals surface area contributed by atoms with E-state index in [-0.39, 0.29) is 0 Å². The standard InChI is InChI=1S/C17H15N3O2S/c1-22-14-4-2-12(3-5-14)15-16(13-6-8-18-9-7-13)20-10-11-23(21)17(20)19-15/h2-9H,10-11H2,1H3. The van der Waals surface area contributed by atoms with Crippen LogP contribution in [-0.4, -0.2) is 31.6 Å². The molecule has 1 unspecified atom stereocenters. The maximum Gasteiger partial charge on any atom is 0.200 e. The van der Waals surface area contributed by atoms with Crippen molar-refractivity contribution in [1.29, 1.82) is 0 Å². The molecule has 0 saturated heterocycles. The Morgan fingerprint density at radius 3 is 2.52 bits per heavy atom. The first-order valence-electron chi connectivity index (χ1n) is 7.31. The minimum Gasteiger partial charge on any atom is -0.497 e. The summed E-state index contributed by atoms with van der Waals surface area (Å²) in [7, 11) is 0.615. The van der Waals surface area contributed by atoms with Crippen molar-refractivity contribution in [3.8, 4) is 28.3 Å². The van der Waals surface area contributed by atoms with E-state index in [1.54, 1.807) is 19.5 Å². The summed E-state index contributed by atoms with van der Waals surface area (Å²) in [5.74, 6) is 1.43. The Morgan fingerprint density at radius 1 is 1.09 bits per heavy atom. The Morgan fingerprint density at radius 2 is 1.83 bits per heavy atom. The van der Waals surface area contributed by atoms with E-state index in [2.05, 4.69) is 14.5 Å². The van der Waals surface area contributed by atoms with E-state index >= 15 is 0 Å². The number of rotatable bonds is 3. The monoisotopic (exact) mass is 325 g/mol. The summed E-state index contributed by atoms with van der Waals surface area (Å²) in [4.78, 5) is 8.76. The zero-order valence-corrected chi connectivity index (χ0v) is 13.4. The summed E-state index contributed by atoms with van der Waals surface area (Å²) < 4.78 is 19.5. The normalized spacial score (nSPS) is 16.3. The molecule has 0 spiro atoms. The average molecular weight is 325 g/mol. The third-order valence-electron chi connectivity index (χ3n) is 3.95. The summed E-state index contributed by atoms with van der Waals surface area (Å²) in [6.45, 7) is 0.725. The summed E-state index contributed by atoms with van der Waals surface area (Å²) in [6, 6.07) is 11.7. The van der Waals surface area contributed by atoms with Gasteiger partial charge in [-0.05, 0) is 36.4 Å². The van der Waals surface area contributed by atoms with Gasteiger partial charge in [0.1, 0.15) is 5.75 Å². The van der Waals surface area contributed by atoms with E-state index in [1.807, 2.05) is 36.4 Å².